The first kappa shape index (κ1) is 14.3. The number of rotatable bonds is 6. The van der Waals surface area contributed by atoms with Crippen molar-refractivity contribution < 1.29 is 9.47 Å². The van der Waals surface area contributed by atoms with Crippen molar-refractivity contribution >= 4 is 5.69 Å². The third kappa shape index (κ3) is 3.44. The Labute approximate surface area is 120 Å². The van der Waals surface area contributed by atoms with Crippen molar-refractivity contribution in [1.29, 1.82) is 0 Å². The van der Waals surface area contributed by atoms with Gasteiger partial charge in [0.1, 0.15) is 0 Å². The number of para-hydroxylation sites is 1. The average molecular weight is 271 g/mol. The highest BCUT2D eigenvalue weighted by atomic mass is 16.5. The first-order valence-corrected chi connectivity index (χ1v) is 6.83. The Balaban J connectivity index is 2.10. The minimum absolute atomic E-state index is 0.630. The normalized spacial score (nSPS) is 10.2. The lowest BCUT2D eigenvalue weighted by Gasteiger charge is -2.13. The highest BCUT2D eigenvalue weighted by Gasteiger charge is 2.05. The van der Waals surface area contributed by atoms with E-state index in [1.165, 1.54) is 5.56 Å². The van der Waals surface area contributed by atoms with Crippen LogP contribution in [0.5, 0.6) is 11.5 Å². The maximum atomic E-state index is 5.59. The van der Waals surface area contributed by atoms with Crippen molar-refractivity contribution in [3.63, 3.8) is 0 Å². The van der Waals surface area contributed by atoms with Crippen molar-refractivity contribution in [1.82, 2.24) is 0 Å². The van der Waals surface area contributed by atoms with Gasteiger partial charge in [-0.05, 0) is 43.2 Å². The smallest absolute Gasteiger partial charge is 0.161 e. The number of hydrogen-bond donors (Lipinski definition) is 1. The molecule has 0 spiro atoms. The van der Waals surface area contributed by atoms with Crippen LogP contribution < -0.4 is 14.8 Å². The zero-order valence-corrected chi connectivity index (χ0v) is 12.3. The number of benzene rings is 2. The van der Waals surface area contributed by atoms with Crippen molar-refractivity contribution in [2.45, 2.75) is 20.4 Å². The topological polar surface area (TPSA) is 30.5 Å². The summed E-state index contributed by atoms with van der Waals surface area (Å²) in [7, 11) is 1.66. The van der Waals surface area contributed by atoms with Crippen LogP contribution in [0.25, 0.3) is 0 Å². The van der Waals surface area contributed by atoms with Gasteiger partial charge in [0.25, 0.3) is 0 Å². The lowest BCUT2D eigenvalue weighted by molar-refractivity contribution is 0.310. The minimum atomic E-state index is 0.630. The number of ether oxygens (including phenoxy) is 2. The molecule has 0 bridgehead atoms. The summed E-state index contributed by atoms with van der Waals surface area (Å²) in [4.78, 5) is 0. The molecule has 0 aliphatic rings. The first-order chi connectivity index (χ1) is 9.74. The molecule has 0 aliphatic heterocycles. The van der Waals surface area contributed by atoms with E-state index in [4.69, 9.17) is 9.47 Å². The van der Waals surface area contributed by atoms with E-state index in [1.807, 2.05) is 37.3 Å². The van der Waals surface area contributed by atoms with Crippen molar-refractivity contribution in [2.24, 2.45) is 0 Å². The van der Waals surface area contributed by atoms with Crippen LogP contribution in [0, 0.1) is 6.92 Å². The van der Waals surface area contributed by atoms with Gasteiger partial charge in [-0.25, -0.2) is 0 Å². The fourth-order valence-electron chi connectivity index (χ4n) is 2.07. The molecule has 0 amide bonds. The summed E-state index contributed by atoms with van der Waals surface area (Å²) in [5.41, 5.74) is 3.56. The predicted molar refractivity (Wildman–Crippen MR) is 82.7 cm³/mol. The molecular weight excluding hydrogens is 250 g/mol. The largest absolute Gasteiger partial charge is 0.493 e. The Kier molecular flexibility index (Phi) is 4.88. The van der Waals surface area contributed by atoms with Crippen LogP contribution in [0.15, 0.2) is 42.5 Å². The molecule has 2 rings (SSSR count). The second-order valence-corrected chi connectivity index (χ2v) is 4.59. The molecule has 0 fully saturated rings. The van der Waals surface area contributed by atoms with Crippen LogP contribution >= 0.6 is 0 Å². The quantitative estimate of drug-likeness (QED) is 0.861. The molecule has 2 aromatic rings. The first-order valence-electron chi connectivity index (χ1n) is 6.83. The third-order valence-corrected chi connectivity index (χ3v) is 3.16. The van der Waals surface area contributed by atoms with Gasteiger partial charge in [0.05, 0.1) is 13.7 Å². The van der Waals surface area contributed by atoms with E-state index in [-0.39, 0.29) is 0 Å². The summed E-state index contributed by atoms with van der Waals surface area (Å²) >= 11 is 0. The Morgan fingerprint density at radius 3 is 2.55 bits per heavy atom. The van der Waals surface area contributed by atoms with Gasteiger partial charge in [-0.15, -0.1) is 0 Å². The molecule has 3 nitrogen and oxygen atoms in total. The maximum Gasteiger partial charge on any atom is 0.161 e. The van der Waals surface area contributed by atoms with Crippen LogP contribution in [-0.4, -0.2) is 13.7 Å². The van der Waals surface area contributed by atoms with Gasteiger partial charge in [0.2, 0.25) is 0 Å². The molecule has 3 heteroatoms. The van der Waals surface area contributed by atoms with Crippen LogP contribution in [-0.2, 0) is 6.54 Å². The van der Waals surface area contributed by atoms with Gasteiger partial charge >= 0.3 is 0 Å². The number of hydrogen-bond acceptors (Lipinski definition) is 3. The standard InChI is InChI=1S/C17H21NO2/c1-4-20-17-11-14(9-10-16(17)19-3)12-18-15-8-6-5-7-13(15)2/h5-11,18H,4,12H2,1-3H3. The van der Waals surface area contributed by atoms with Gasteiger partial charge in [-0.3, -0.25) is 0 Å². The lowest BCUT2D eigenvalue weighted by atomic mass is 10.1. The Morgan fingerprint density at radius 1 is 1.05 bits per heavy atom. The zero-order valence-electron chi connectivity index (χ0n) is 12.3. The lowest BCUT2D eigenvalue weighted by Crippen LogP contribution is -2.02. The van der Waals surface area contributed by atoms with Gasteiger partial charge in [-0.2, -0.15) is 0 Å². The molecule has 2 aromatic carbocycles. The van der Waals surface area contributed by atoms with Crippen LogP contribution in [0.3, 0.4) is 0 Å². The van der Waals surface area contributed by atoms with E-state index in [0.717, 1.165) is 29.3 Å². The van der Waals surface area contributed by atoms with E-state index < -0.39 is 0 Å². The van der Waals surface area contributed by atoms with Crippen molar-refractivity contribution in [3.05, 3.63) is 53.6 Å². The summed E-state index contributed by atoms with van der Waals surface area (Å²) in [5, 5.41) is 3.44. The second-order valence-electron chi connectivity index (χ2n) is 4.59. The van der Waals surface area contributed by atoms with E-state index in [1.54, 1.807) is 7.11 Å². The van der Waals surface area contributed by atoms with Gasteiger partial charge in [0, 0.05) is 12.2 Å². The Hall–Kier alpha value is -2.16. The molecule has 0 saturated heterocycles. The summed E-state index contributed by atoms with van der Waals surface area (Å²) in [5.74, 6) is 1.56. The minimum Gasteiger partial charge on any atom is -0.493 e. The average Bonchev–Trinajstić information content (AvgIpc) is 2.47. The third-order valence-electron chi connectivity index (χ3n) is 3.16. The molecule has 0 atom stereocenters. The van der Waals surface area contributed by atoms with Crippen molar-refractivity contribution in [2.75, 3.05) is 19.0 Å². The van der Waals surface area contributed by atoms with E-state index >= 15 is 0 Å². The summed E-state index contributed by atoms with van der Waals surface area (Å²) in [6.45, 7) is 5.46. The molecule has 0 unspecified atom stereocenters. The van der Waals surface area contributed by atoms with Crippen LogP contribution in [0.1, 0.15) is 18.1 Å². The molecule has 0 aromatic heterocycles. The molecule has 0 aliphatic carbocycles. The number of nitrogens with one attached hydrogen (secondary N) is 1. The fourth-order valence-corrected chi connectivity index (χ4v) is 2.07. The summed E-state index contributed by atoms with van der Waals surface area (Å²) < 4.78 is 10.9. The molecule has 20 heavy (non-hydrogen) atoms. The molecule has 1 N–H and O–H groups in total. The molecule has 106 valence electrons. The van der Waals surface area contributed by atoms with E-state index in [0.29, 0.717) is 6.61 Å². The number of methoxy groups -OCH3 is 1. The zero-order chi connectivity index (χ0) is 14.4. The molecule has 0 heterocycles. The van der Waals surface area contributed by atoms with Gasteiger partial charge in [0.15, 0.2) is 11.5 Å². The fraction of sp³-hybridized carbons (Fsp3) is 0.294. The number of anilines is 1. The van der Waals surface area contributed by atoms with Gasteiger partial charge < -0.3 is 14.8 Å². The SMILES string of the molecule is CCOc1cc(CNc2ccccc2C)ccc1OC. The predicted octanol–water partition coefficient (Wildman–Crippen LogP) is 4.01. The highest BCUT2D eigenvalue weighted by molar-refractivity contribution is 5.51. The number of aryl methyl sites for hydroxylation is 1. The van der Waals surface area contributed by atoms with Crippen LogP contribution in [0.2, 0.25) is 0 Å². The van der Waals surface area contributed by atoms with Crippen molar-refractivity contribution in [3.8, 4) is 11.5 Å². The Morgan fingerprint density at radius 2 is 1.85 bits per heavy atom. The summed E-state index contributed by atoms with van der Waals surface area (Å²) in [6, 6.07) is 14.3. The van der Waals surface area contributed by atoms with E-state index in [9.17, 15) is 0 Å². The molecule has 0 saturated carbocycles. The summed E-state index contributed by atoms with van der Waals surface area (Å²) in [6.07, 6.45) is 0. The van der Waals surface area contributed by atoms with Crippen LogP contribution in [0.4, 0.5) is 5.69 Å². The maximum absolute atomic E-state index is 5.59. The second kappa shape index (κ2) is 6.85. The molecule has 0 radical (unpaired) electrons. The van der Waals surface area contributed by atoms with E-state index in [2.05, 4.69) is 24.4 Å². The monoisotopic (exact) mass is 271 g/mol. The molecular formula is C17H21NO2. The van der Waals surface area contributed by atoms with Gasteiger partial charge in [-0.1, -0.05) is 24.3 Å². The Bertz CT molecular complexity index is 567. The highest BCUT2D eigenvalue weighted by Crippen LogP contribution is 2.28.